The van der Waals surface area contributed by atoms with E-state index in [9.17, 15) is 4.79 Å². The lowest BCUT2D eigenvalue weighted by Crippen LogP contribution is -2.37. The lowest BCUT2D eigenvalue weighted by Gasteiger charge is -2.23. The van der Waals surface area contributed by atoms with Gasteiger partial charge in [-0.3, -0.25) is 4.79 Å². The number of nitrogens with one attached hydrogen (secondary N) is 1. The van der Waals surface area contributed by atoms with E-state index in [-0.39, 0.29) is 24.5 Å². The van der Waals surface area contributed by atoms with Crippen molar-refractivity contribution in [1.82, 2.24) is 5.32 Å². The van der Waals surface area contributed by atoms with Gasteiger partial charge in [-0.05, 0) is 49.3 Å². The molecule has 5 heteroatoms. The van der Waals surface area contributed by atoms with Crippen LogP contribution in [0, 0.1) is 5.41 Å². The van der Waals surface area contributed by atoms with Gasteiger partial charge >= 0.3 is 0 Å². The molecule has 3 rings (SSSR count). The number of fused-ring (bicyclic) bond motifs is 3. The van der Waals surface area contributed by atoms with Gasteiger partial charge in [-0.1, -0.05) is 13.8 Å². The number of amides is 1. The van der Waals surface area contributed by atoms with Crippen LogP contribution in [0.5, 0.6) is 5.75 Å². The number of furan rings is 1. The van der Waals surface area contributed by atoms with Crippen LogP contribution in [0.1, 0.15) is 44.4 Å². The standard InChI is InChI=1S/C20H27NO4/c1-20(2,9-10-22)13-21-19(23)12-24-14-7-8-18-16(11-14)15-5-3-4-6-17(15)25-18/h7-8,11,22H,3-6,9-10,12-13H2,1-2H3,(H,21,23). The van der Waals surface area contributed by atoms with E-state index in [2.05, 4.69) is 5.32 Å². The zero-order valence-electron chi connectivity index (χ0n) is 15.1. The fourth-order valence-electron chi connectivity index (χ4n) is 3.26. The highest BCUT2D eigenvalue weighted by atomic mass is 16.5. The highest BCUT2D eigenvalue weighted by Gasteiger charge is 2.19. The van der Waals surface area contributed by atoms with Crippen LogP contribution in [0.2, 0.25) is 0 Å². The average Bonchev–Trinajstić information content (AvgIpc) is 2.96. The van der Waals surface area contributed by atoms with Gasteiger partial charge in [0, 0.05) is 30.5 Å². The number of hydrogen-bond donors (Lipinski definition) is 2. The average molecular weight is 345 g/mol. The molecule has 2 N–H and O–H groups in total. The van der Waals surface area contributed by atoms with Crippen LogP contribution in [-0.4, -0.2) is 30.8 Å². The summed E-state index contributed by atoms with van der Waals surface area (Å²) < 4.78 is 11.6. The smallest absolute Gasteiger partial charge is 0.257 e. The molecule has 0 fully saturated rings. The predicted octanol–water partition coefficient (Wildman–Crippen LogP) is 3.22. The van der Waals surface area contributed by atoms with E-state index >= 15 is 0 Å². The van der Waals surface area contributed by atoms with Gasteiger partial charge in [0.25, 0.3) is 5.91 Å². The fraction of sp³-hybridized carbons (Fsp3) is 0.550. The quantitative estimate of drug-likeness (QED) is 0.808. The number of aliphatic hydroxyl groups excluding tert-OH is 1. The van der Waals surface area contributed by atoms with Crippen LogP contribution in [0.4, 0.5) is 0 Å². The first-order valence-corrected chi connectivity index (χ1v) is 9.03. The second-order valence-electron chi connectivity index (χ2n) is 7.57. The Balaban J connectivity index is 1.59. The van der Waals surface area contributed by atoms with Crippen LogP contribution >= 0.6 is 0 Å². The minimum absolute atomic E-state index is 0.0131. The third-order valence-corrected chi connectivity index (χ3v) is 4.85. The number of rotatable bonds is 7. The summed E-state index contributed by atoms with van der Waals surface area (Å²) in [7, 11) is 0. The molecule has 1 heterocycles. The van der Waals surface area contributed by atoms with Crippen LogP contribution in [0.3, 0.4) is 0 Å². The number of aryl methyl sites for hydroxylation is 2. The Kier molecular flexibility index (Phi) is 5.33. The maximum absolute atomic E-state index is 12.0. The molecule has 5 nitrogen and oxygen atoms in total. The van der Waals surface area contributed by atoms with Gasteiger partial charge in [-0.25, -0.2) is 0 Å². The molecule has 0 bridgehead atoms. The van der Waals surface area contributed by atoms with Crippen molar-refractivity contribution in [2.45, 2.75) is 46.0 Å². The van der Waals surface area contributed by atoms with Gasteiger partial charge in [0.05, 0.1) is 0 Å². The first kappa shape index (κ1) is 17.8. The molecule has 1 aliphatic carbocycles. The molecule has 1 aromatic heterocycles. The van der Waals surface area contributed by atoms with E-state index in [0.29, 0.717) is 18.7 Å². The first-order chi connectivity index (χ1) is 12.0. The van der Waals surface area contributed by atoms with E-state index in [1.807, 2.05) is 32.0 Å². The highest BCUT2D eigenvalue weighted by Crippen LogP contribution is 2.33. The van der Waals surface area contributed by atoms with E-state index in [1.165, 1.54) is 18.4 Å². The molecular formula is C20H27NO4. The Hall–Kier alpha value is -2.01. The normalized spacial score (nSPS) is 14.4. The summed E-state index contributed by atoms with van der Waals surface area (Å²) in [5.74, 6) is 1.63. The van der Waals surface area contributed by atoms with Gasteiger partial charge in [0.1, 0.15) is 17.1 Å². The summed E-state index contributed by atoms with van der Waals surface area (Å²) in [4.78, 5) is 12.0. The monoisotopic (exact) mass is 345 g/mol. The summed E-state index contributed by atoms with van der Waals surface area (Å²) in [6.07, 6.45) is 5.08. The number of hydrogen-bond acceptors (Lipinski definition) is 4. The van der Waals surface area contributed by atoms with Crippen molar-refractivity contribution in [3.63, 3.8) is 0 Å². The van der Waals surface area contributed by atoms with Gasteiger partial charge in [0.2, 0.25) is 0 Å². The second-order valence-corrected chi connectivity index (χ2v) is 7.57. The highest BCUT2D eigenvalue weighted by molar-refractivity contribution is 5.84. The molecule has 0 radical (unpaired) electrons. The van der Waals surface area contributed by atoms with Crippen molar-refractivity contribution in [3.05, 3.63) is 29.5 Å². The van der Waals surface area contributed by atoms with E-state index in [4.69, 9.17) is 14.3 Å². The van der Waals surface area contributed by atoms with Crippen LogP contribution < -0.4 is 10.1 Å². The molecule has 0 atom stereocenters. The second kappa shape index (κ2) is 7.48. The Morgan fingerprint density at radius 3 is 2.92 bits per heavy atom. The summed E-state index contributed by atoms with van der Waals surface area (Å²) in [5, 5.41) is 13.0. The fourth-order valence-corrected chi connectivity index (χ4v) is 3.26. The Morgan fingerprint density at radius 1 is 1.32 bits per heavy atom. The third-order valence-electron chi connectivity index (χ3n) is 4.85. The number of carbonyl (C=O) groups excluding carboxylic acids is 1. The minimum atomic E-state index is -0.152. The Labute approximate surface area is 148 Å². The zero-order chi connectivity index (χ0) is 17.9. The molecule has 0 spiro atoms. The molecule has 2 aromatic rings. The van der Waals surface area contributed by atoms with Crippen molar-refractivity contribution in [2.24, 2.45) is 5.41 Å². The number of carbonyl (C=O) groups is 1. The number of ether oxygens (including phenoxy) is 1. The summed E-state index contributed by atoms with van der Waals surface area (Å²) in [5.41, 5.74) is 2.07. The summed E-state index contributed by atoms with van der Waals surface area (Å²) >= 11 is 0. The van der Waals surface area contributed by atoms with E-state index in [0.717, 1.165) is 29.6 Å². The van der Waals surface area contributed by atoms with E-state index in [1.54, 1.807) is 0 Å². The van der Waals surface area contributed by atoms with Crippen LogP contribution in [0.15, 0.2) is 22.6 Å². The molecule has 25 heavy (non-hydrogen) atoms. The zero-order valence-corrected chi connectivity index (χ0v) is 15.1. The maximum atomic E-state index is 12.0. The van der Waals surface area contributed by atoms with Crippen molar-refractivity contribution >= 4 is 16.9 Å². The predicted molar refractivity (Wildman–Crippen MR) is 96.8 cm³/mol. The van der Waals surface area contributed by atoms with Gasteiger partial charge in [-0.15, -0.1) is 0 Å². The molecule has 1 aliphatic rings. The Bertz CT molecular complexity index is 747. The van der Waals surface area contributed by atoms with Crippen molar-refractivity contribution < 1.29 is 19.1 Å². The number of aliphatic hydroxyl groups is 1. The minimum Gasteiger partial charge on any atom is -0.484 e. The summed E-state index contributed by atoms with van der Waals surface area (Å²) in [6, 6.07) is 5.75. The van der Waals surface area contributed by atoms with Gasteiger partial charge < -0.3 is 19.6 Å². The van der Waals surface area contributed by atoms with Crippen molar-refractivity contribution in [3.8, 4) is 5.75 Å². The third kappa shape index (κ3) is 4.34. The Morgan fingerprint density at radius 2 is 2.12 bits per heavy atom. The van der Waals surface area contributed by atoms with E-state index < -0.39 is 0 Å². The van der Waals surface area contributed by atoms with Crippen LogP contribution in [-0.2, 0) is 17.6 Å². The maximum Gasteiger partial charge on any atom is 0.257 e. The topological polar surface area (TPSA) is 71.7 Å². The SMILES string of the molecule is CC(C)(CCO)CNC(=O)COc1ccc2oc3c(c2c1)CCCC3. The van der Waals surface area contributed by atoms with Crippen molar-refractivity contribution in [2.75, 3.05) is 19.8 Å². The first-order valence-electron chi connectivity index (χ1n) is 9.03. The van der Waals surface area contributed by atoms with Crippen LogP contribution in [0.25, 0.3) is 11.0 Å². The van der Waals surface area contributed by atoms with Crippen molar-refractivity contribution in [1.29, 1.82) is 0 Å². The molecule has 0 saturated heterocycles. The molecule has 1 aromatic carbocycles. The molecule has 136 valence electrons. The summed E-state index contributed by atoms with van der Waals surface area (Å²) in [6.45, 7) is 4.65. The molecule has 0 aliphatic heterocycles. The van der Waals surface area contributed by atoms with Gasteiger partial charge in [-0.2, -0.15) is 0 Å². The molecular weight excluding hydrogens is 318 g/mol. The molecule has 0 saturated carbocycles. The molecule has 1 amide bonds. The molecule has 0 unspecified atom stereocenters. The number of benzene rings is 1. The lowest BCUT2D eigenvalue weighted by atomic mass is 9.90. The van der Waals surface area contributed by atoms with Gasteiger partial charge in [0.15, 0.2) is 6.61 Å². The lowest BCUT2D eigenvalue weighted by molar-refractivity contribution is -0.123. The largest absolute Gasteiger partial charge is 0.484 e.